The molecule has 2 rings (SSSR count). The Morgan fingerprint density at radius 1 is 1.41 bits per heavy atom. The van der Waals surface area contributed by atoms with Crippen molar-refractivity contribution in [3.05, 3.63) is 10.7 Å². The van der Waals surface area contributed by atoms with Gasteiger partial charge in [-0.3, -0.25) is 4.90 Å². The maximum Gasteiger partial charge on any atom is 0.288 e. The van der Waals surface area contributed by atoms with Crippen LogP contribution >= 0.6 is 12.2 Å². The van der Waals surface area contributed by atoms with Gasteiger partial charge in [-0.25, -0.2) is 4.68 Å². The van der Waals surface area contributed by atoms with E-state index in [9.17, 15) is 0 Å². The van der Waals surface area contributed by atoms with Gasteiger partial charge in [0.05, 0.1) is 6.67 Å². The Bertz CT molecular complexity index is 429. The first-order chi connectivity index (χ1) is 7.99. The molecular formula is C12H21N3OS. The van der Waals surface area contributed by atoms with Crippen LogP contribution in [-0.2, 0) is 6.67 Å². The van der Waals surface area contributed by atoms with E-state index in [-0.39, 0.29) is 5.92 Å². The molecule has 0 spiro atoms. The Hall–Kier alpha value is -0.680. The second-order valence-corrected chi connectivity index (χ2v) is 5.69. The number of nitrogens with zero attached hydrogens (tertiary/aromatic N) is 3. The molecule has 0 aliphatic heterocycles. The summed E-state index contributed by atoms with van der Waals surface area (Å²) in [5, 5.41) is 4.45. The monoisotopic (exact) mass is 255 g/mol. The van der Waals surface area contributed by atoms with Crippen LogP contribution in [0.5, 0.6) is 0 Å². The van der Waals surface area contributed by atoms with Crippen molar-refractivity contribution in [2.24, 2.45) is 0 Å². The van der Waals surface area contributed by atoms with Crippen LogP contribution in [0.2, 0.25) is 0 Å². The lowest BCUT2D eigenvalue weighted by molar-refractivity contribution is 0.150. The number of hydrogen-bond donors (Lipinski definition) is 0. The Kier molecular flexibility index (Phi) is 3.68. The molecule has 0 amide bonds. The van der Waals surface area contributed by atoms with Crippen molar-refractivity contribution >= 4 is 12.2 Å². The third-order valence-electron chi connectivity index (χ3n) is 3.09. The summed E-state index contributed by atoms with van der Waals surface area (Å²) in [6.45, 7) is 9.30. The highest BCUT2D eigenvalue weighted by Crippen LogP contribution is 2.29. The first-order valence-corrected chi connectivity index (χ1v) is 6.73. The lowest BCUT2D eigenvalue weighted by Crippen LogP contribution is -2.35. The van der Waals surface area contributed by atoms with Gasteiger partial charge < -0.3 is 4.42 Å². The molecule has 1 fully saturated rings. The molecule has 1 aromatic heterocycles. The second kappa shape index (κ2) is 4.90. The van der Waals surface area contributed by atoms with Crippen LogP contribution in [0.3, 0.4) is 0 Å². The Balaban J connectivity index is 2.14. The van der Waals surface area contributed by atoms with Crippen LogP contribution in [0.1, 0.15) is 52.3 Å². The van der Waals surface area contributed by atoms with Gasteiger partial charge in [0, 0.05) is 18.0 Å². The molecule has 0 bridgehead atoms. The standard InChI is InChI=1S/C12H21N3OS/c1-8(2)11-13-15(12(17)16-11)7-14(9(3)4)10-5-6-10/h8-10H,5-7H2,1-4H3. The van der Waals surface area contributed by atoms with E-state index in [0.717, 1.165) is 12.6 Å². The van der Waals surface area contributed by atoms with Gasteiger partial charge in [0.25, 0.3) is 4.84 Å². The molecule has 0 aromatic carbocycles. The number of rotatable bonds is 5. The fraction of sp³-hybridized carbons (Fsp3) is 0.833. The van der Waals surface area contributed by atoms with E-state index >= 15 is 0 Å². The van der Waals surface area contributed by atoms with E-state index in [4.69, 9.17) is 16.6 Å². The minimum Gasteiger partial charge on any atom is -0.414 e. The smallest absolute Gasteiger partial charge is 0.288 e. The molecule has 0 saturated heterocycles. The quantitative estimate of drug-likeness (QED) is 0.757. The van der Waals surface area contributed by atoms with Crippen molar-refractivity contribution in [2.45, 2.75) is 65.2 Å². The molecule has 0 unspecified atom stereocenters. The van der Waals surface area contributed by atoms with Gasteiger partial charge in [0.2, 0.25) is 5.89 Å². The molecule has 17 heavy (non-hydrogen) atoms. The summed E-state index contributed by atoms with van der Waals surface area (Å²) in [5.41, 5.74) is 0. The zero-order valence-corrected chi connectivity index (χ0v) is 11.8. The molecule has 96 valence electrons. The second-order valence-electron chi connectivity index (χ2n) is 5.34. The van der Waals surface area contributed by atoms with Crippen molar-refractivity contribution in [3.8, 4) is 0 Å². The van der Waals surface area contributed by atoms with Crippen molar-refractivity contribution in [2.75, 3.05) is 0 Å². The summed E-state index contributed by atoms with van der Waals surface area (Å²) in [6, 6.07) is 1.22. The summed E-state index contributed by atoms with van der Waals surface area (Å²) in [4.78, 5) is 2.92. The van der Waals surface area contributed by atoms with Gasteiger partial charge in [0.15, 0.2) is 0 Å². The van der Waals surface area contributed by atoms with Gasteiger partial charge in [0.1, 0.15) is 0 Å². The Labute approximate surface area is 108 Å². The molecule has 0 atom stereocenters. The van der Waals surface area contributed by atoms with Gasteiger partial charge >= 0.3 is 0 Å². The van der Waals surface area contributed by atoms with Crippen molar-refractivity contribution in [1.82, 2.24) is 14.7 Å². The first kappa shape index (κ1) is 12.8. The molecule has 1 saturated carbocycles. The van der Waals surface area contributed by atoms with Crippen LogP contribution in [0.4, 0.5) is 0 Å². The fourth-order valence-corrected chi connectivity index (χ4v) is 2.09. The summed E-state index contributed by atoms with van der Waals surface area (Å²) < 4.78 is 7.31. The van der Waals surface area contributed by atoms with E-state index in [1.807, 2.05) is 4.68 Å². The zero-order valence-electron chi connectivity index (χ0n) is 11.0. The fourth-order valence-electron chi connectivity index (χ4n) is 1.91. The summed E-state index contributed by atoms with van der Waals surface area (Å²) in [6.07, 6.45) is 2.58. The maximum absolute atomic E-state index is 5.50. The molecule has 4 nitrogen and oxygen atoms in total. The minimum atomic E-state index is 0.284. The van der Waals surface area contributed by atoms with Gasteiger partial charge in [-0.15, -0.1) is 5.10 Å². The van der Waals surface area contributed by atoms with Crippen LogP contribution in [-0.4, -0.2) is 26.8 Å². The third kappa shape index (κ3) is 2.96. The third-order valence-corrected chi connectivity index (χ3v) is 3.39. The predicted octanol–water partition coefficient (Wildman–Crippen LogP) is 3.16. The largest absolute Gasteiger partial charge is 0.414 e. The highest BCUT2D eigenvalue weighted by Gasteiger charge is 2.31. The average Bonchev–Trinajstić information content (AvgIpc) is 2.99. The summed E-state index contributed by atoms with van der Waals surface area (Å²) in [7, 11) is 0. The average molecular weight is 255 g/mol. The van der Waals surface area contributed by atoms with Crippen LogP contribution < -0.4 is 0 Å². The van der Waals surface area contributed by atoms with E-state index in [2.05, 4.69) is 37.7 Å². The molecule has 1 aliphatic carbocycles. The van der Waals surface area contributed by atoms with E-state index < -0.39 is 0 Å². The molecule has 5 heteroatoms. The van der Waals surface area contributed by atoms with E-state index in [1.165, 1.54) is 12.8 Å². The SMILES string of the molecule is CC(C)c1nn(CN(C(C)C)C2CC2)c(=S)o1. The molecule has 0 radical (unpaired) electrons. The molecular weight excluding hydrogens is 234 g/mol. The maximum atomic E-state index is 5.50. The highest BCUT2D eigenvalue weighted by molar-refractivity contribution is 7.71. The van der Waals surface area contributed by atoms with Crippen molar-refractivity contribution in [1.29, 1.82) is 0 Å². The topological polar surface area (TPSA) is 34.2 Å². The zero-order chi connectivity index (χ0) is 12.6. The predicted molar refractivity (Wildman–Crippen MR) is 69.4 cm³/mol. The molecule has 0 N–H and O–H groups in total. The molecule has 1 aromatic rings. The Morgan fingerprint density at radius 3 is 2.47 bits per heavy atom. The van der Waals surface area contributed by atoms with Crippen LogP contribution in [0.25, 0.3) is 0 Å². The lowest BCUT2D eigenvalue weighted by atomic mass is 10.2. The summed E-state index contributed by atoms with van der Waals surface area (Å²) in [5.74, 6) is 1.01. The molecule has 1 aliphatic rings. The van der Waals surface area contributed by atoms with Gasteiger partial charge in [-0.2, -0.15) is 0 Å². The lowest BCUT2D eigenvalue weighted by Gasteiger charge is -2.25. The number of hydrogen-bond acceptors (Lipinski definition) is 4. The highest BCUT2D eigenvalue weighted by atomic mass is 32.1. The van der Waals surface area contributed by atoms with Crippen molar-refractivity contribution < 1.29 is 4.42 Å². The van der Waals surface area contributed by atoms with Crippen molar-refractivity contribution in [3.63, 3.8) is 0 Å². The van der Waals surface area contributed by atoms with Gasteiger partial charge in [-0.05, 0) is 38.9 Å². The summed E-state index contributed by atoms with van der Waals surface area (Å²) >= 11 is 5.21. The number of aromatic nitrogens is 2. The first-order valence-electron chi connectivity index (χ1n) is 6.32. The normalized spacial score (nSPS) is 16.4. The van der Waals surface area contributed by atoms with E-state index in [1.54, 1.807) is 0 Å². The van der Waals surface area contributed by atoms with Gasteiger partial charge in [-0.1, -0.05) is 13.8 Å². The van der Waals surface area contributed by atoms with E-state index in [0.29, 0.717) is 16.9 Å². The minimum absolute atomic E-state index is 0.284. The van der Waals surface area contributed by atoms with Crippen LogP contribution in [0.15, 0.2) is 4.42 Å². The molecule has 1 heterocycles. The Morgan fingerprint density at radius 2 is 2.06 bits per heavy atom. The van der Waals surface area contributed by atoms with Crippen LogP contribution in [0, 0.1) is 4.84 Å².